The molecule has 5 nitrogen and oxygen atoms in total. The smallest absolute Gasteiger partial charge is 0.222 e. The molecule has 18 heavy (non-hydrogen) atoms. The van der Waals surface area contributed by atoms with Gasteiger partial charge >= 0.3 is 0 Å². The van der Waals surface area contributed by atoms with Gasteiger partial charge in [0.05, 0.1) is 11.5 Å². The van der Waals surface area contributed by atoms with Gasteiger partial charge in [-0.2, -0.15) is 0 Å². The van der Waals surface area contributed by atoms with Gasteiger partial charge < -0.3 is 10.2 Å². The summed E-state index contributed by atoms with van der Waals surface area (Å²) in [5.41, 5.74) is 0. The molecule has 0 unspecified atom stereocenters. The standard InChI is InChI=1S/C12H22N2O3S/c15-12(10-11-2-4-13-5-3-11)14-6-1-8-18(16,17)9-7-14/h11,13H,1-10H2. The van der Waals surface area contributed by atoms with Gasteiger partial charge in [-0.25, -0.2) is 8.42 Å². The average Bonchev–Trinajstić information content (AvgIpc) is 2.51. The zero-order chi connectivity index (χ0) is 13.0. The van der Waals surface area contributed by atoms with Crippen molar-refractivity contribution in [3.8, 4) is 0 Å². The number of carbonyl (C=O) groups is 1. The molecule has 2 saturated heterocycles. The summed E-state index contributed by atoms with van der Waals surface area (Å²) < 4.78 is 23.0. The van der Waals surface area contributed by atoms with Crippen molar-refractivity contribution >= 4 is 15.7 Å². The molecule has 2 aliphatic rings. The highest BCUT2D eigenvalue weighted by molar-refractivity contribution is 7.91. The quantitative estimate of drug-likeness (QED) is 0.771. The number of nitrogens with zero attached hydrogens (tertiary/aromatic N) is 1. The van der Waals surface area contributed by atoms with Crippen LogP contribution in [0.5, 0.6) is 0 Å². The molecule has 1 N–H and O–H groups in total. The van der Waals surface area contributed by atoms with Gasteiger partial charge in [0.1, 0.15) is 0 Å². The Labute approximate surface area is 109 Å². The molecule has 2 fully saturated rings. The van der Waals surface area contributed by atoms with Crippen molar-refractivity contribution in [1.82, 2.24) is 10.2 Å². The van der Waals surface area contributed by atoms with Crippen LogP contribution in [-0.4, -0.2) is 56.9 Å². The molecule has 2 heterocycles. The second-order valence-corrected chi connectivity index (χ2v) is 7.59. The van der Waals surface area contributed by atoms with Crippen LogP contribution in [0.25, 0.3) is 0 Å². The number of rotatable bonds is 2. The topological polar surface area (TPSA) is 66.5 Å². The van der Waals surface area contributed by atoms with Crippen molar-refractivity contribution < 1.29 is 13.2 Å². The van der Waals surface area contributed by atoms with Crippen LogP contribution in [0.2, 0.25) is 0 Å². The zero-order valence-electron chi connectivity index (χ0n) is 10.7. The van der Waals surface area contributed by atoms with E-state index < -0.39 is 9.84 Å². The first-order chi connectivity index (χ1) is 8.57. The summed E-state index contributed by atoms with van der Waals surface area (Å²) in [7, 11) is -2.92. The molecule has 0 saturated carbocycles. The van der Waals surface area contributed by atoms with E-state index in [4.69, 9.17) is 0 Å². The predicted molar refractivity (Wildman–Crippen MR) is 70.1 cm³/mol. The molecular formula is C12H22N2O3S. The molecule has 6 heteroatoms. The summed E-state index contributed by atoms with van der Waals surface area (Å²) >= 11 is 0. The normalized spacial score (nSPS) is 25.7. The van der Waals surface area contributed by atoms with Gasteiger partial charge in [0, 0.05) is 19.5 Å². The number of carbonyl (C=O) groups excluding carboxylic acids is 1. The lowest BCUT2D eigenvalue weighted by molar-refractivity contribution is -0.132. The largest absolute Gasteiger partial charge is 0.342 e. The van der Waals surface area contributed by atoms with Crippen molar-refractivity contribution in [3.63, 3.8) is 0 Å². The Morgan fingerprint density at radius 2 is 1.89 bits per heavy atom. The summed E-state index contributed by atoms with van der Waals surface area (Å²) in [6, 6.07) is 0. The molecule has 0 aromatic heterocycles. The molecule has 2 rings (SSSR count). The van der Waals surface area contributed by atoms with Crippen LogP contribution in [0.15, 0.2) is 0 Å². The van der Waals surface area contributed by atoms with Crippen LogP contribution < -0.4 is 5.32 Å². The summed E-state index contributed by atoms with van der Waals surface area (Å²) in [5, 5.41) is 3.28. The number of nitrogens with one attached hydrogen (secondary N) is 1. The van der Waals surface area contributed by atoms with Gasteiger partial charge in [-0.15, -0.1) is 0 Å². The summed E-state index contributed by atoms with van der Waals surface area (Å²) in [6.07, 6.45) is 3.28. The van der Waals surface area contributed by atoms with E-state index in [0.717, 1.165) is 25.9 Å². The van der Waals surface area contributed by atoms with Gasteiger partial charge in [-0.1, -0.05) is 0 Å². The number of hydrogen-bond donors (Lipinski definition) is 1. The lowest BCUT2D eigenvalue weighted by atomic mass is 9.94. The second-order valence-electron chi connectivity index (χ2n) is 5.28. The van der Waals surface area contributed by atoms with Crippen LogP contribution in [0.3, 0.4) is 0 Å². The number of sulfone groups is 1. The van der Waals surface area contributed by atoms with E-state index in [1.165, 1.54) is 0 Å². The van der Waals surface area contributed by atoms with Crippen molar-refractivity contribution in [2.45, 2.75) is 25.7 Å². The van der Waals surface area contributed by atoms with Crippen LogP contribution in [0.1, 0.15) is 25.7 Å². The second kappa shape index (κ2) is 6.02. The molecule has 1 amide bonds. The van der Waals surface area contributed by atoms with E-state index >= 15 is 0 Å². The molecule has 0 spiro atoms. The van der Waals surface area contributed by atoms with E-state index in [1.54, 1.807) is 4.90 Å². The SMILES string of the molecule is O=C(CC1CCNCC1)N1CCCS(=O)(=O)CC1. The fraction of sp³-hybridized carbons (Fsp3) is 0.917. The number of piperidine rings is 1. The maximum Gasteiger partial charge on any atom is 0.222 e. The Morgan fingerprint density at radius 3 is 2.61 bits per heavy atom. The lowest BCUT2D eigenvalue weighted by Crippen LogP contribution is -2.36. The maximum atomic E-state index is 12.1. The minimum absolute atomic E-state index is 0.130. The van der Waals surface area contributed by atoms with Crippen LogP contribution >= 0.6 is 0 Å². The first-order valence-electron chi connectivity index (χ1n) is 6.76. The van der Waals surface area contributed by atoms with Gasteiger partial charge in [0.15, 0.2) is 9.84 Å². The minimum atomic E-state index is -2.92. The zero-order valence-corrected chi connectivity index (χ0v) is 11.5. The summed E-state index contributed by atoms with van der Waals surface area (Å²) in [4.78, 5) is 13.9. The molecular weight excluding hydrogens is 252 g/mol. The Hall–Kier alpha value is -0.620. The monoisotopic (exact) mass is 274 g/mol. The van der Waals surface area contributed by atoms with Gasteiger partial charge in [0.25, 0.3) is 0 Å². The van der Waals surface area contributed by atoms with Crippen molar-refractivity contribution in [3.05, 3.63) is 0 Å². The average molecular weight is 274 g/mol. The predicted octanol–water partition coefficient (Wildman–Crippen LogP) is 0.0232. The van der Waals surface area contributed by atoms with E-state index in [2.05, 4.69) is 5.32 Å². The van der Waals surface area contributed by atoms with Crippen LogP contribution in [-0.2, 0) is 14.6 Å². The van der Waals surface area contributed by atoms with Crippen LogP contribution in [0, 0.1) is 5.92 Å². The first-order valence-corrected chi connectivity index (χ1v) is 8.58. The van der Waals surface area contributed by atoms with E-state index in [-0.39, 0.29) is 17.4 Å². The lowest BCUT2D eigenvalue weighted by Gasteiger charge is -2.26. The number of hydrogen-bond acceptors (Lipinski definition) is 4. The molecule has 0 radical (unpaired) electrons. The summed E-state index contributed by atoms with van der Waals surface area (Å²) in [6.45, 7) is 2.97. The highest BCUT2D eigenvalue weighted by atomic mass is 32.2. The Bertz CT molecular complexity index is 388. The van der Waals surface area contributed by atoms with E-state index in [0.29, 0.717) is 31.8 Å². The fourth-order valence-electron chi connectivity index (χ4n) is 2.65. The van der Waals surface area contributed by atoms with E-state index in [9.17, 15) is 13.2 Å². The molecule has 104 valence electrons. The molecule has 0 aliphatic carbocycles. The first kappa shape index (κ1) is 13.8. The minimum Gasteiger partial charge on any atom is -0.342 e. The molecule has 0 atom stereocenters. The molecule has 0 aromatic rings. The van der Waals surface area contributed by atoms with Crippen LogP contribution in [0.4, 0.5) is 0 Å². The third-order valence-electron chi connectivity index (χ3n) is 3.83. The Morgan fingerprint density at radius 1 is 1.17 bits per heavy atom. The Kier molecular flexibility index (Phi) is 4.61. The van der Waals surface area contributed by atoms with Crippen molar-refractivity contribution in [1.29, 1.82) is 0 Å². The third-order valence-corrected chi connectivity index (χ3v) is 5.55. The Balaban J connectivity index is 1.84. The maximum absolute atomic E-state index is 12.1. The molecule has 0 aromatic carbocycles. The summed E-state index contributed by atoms with van der Waals surface area (Å²) in [5.74, 6) is 0.965. The van der Waals surface area contributed by atoms with Gasteiger partial charge in [-0.3, -0.25) is 4.79 Å². The van der Waals surface area contributed by atoms with Crippen molar-refractivity contribution in [2.75, 3.05) is 37.7 Å². The highest BCUT2D eigenvalue weighted by Gasteiger charge is 2.24. The molecule has 2 aliphatic heterocycles. The number of amides is 1. The van der Waals surface area contributed by atoms with Gasteiger partial charge in [0.2, 0.25) is 5.91 Å². The third kappa shape index (κ3) is 3.95. The van der Waals surface area contributed by atoms with E-state index in [1.807, 2.05) is 0 Å². The van der Waals surface area contributed by atoms with Gasteiger partial charge in [-0.05, 0) is 38.3 Å². The van der Waals surface area contributed by atoms with Crippen molar-refractivity contribution in [2.24, 2.45) is 5.92 Å². The highest BCUT2D eigenvalue weighted by Crippen LogP contribution is 2.18. The molecule has 0 bridgehead atoms. The fourth-order valence-corrected chi connectivity index (χ4v) is 3.92.